The van der Waals surface area contributed by atoms with Crippen molar-refractivity contribution in [2.24, 2.45) is 5.84 Å². The number of carbonyl (C=O) groups is 1. The van der Waals surface area contributed by atoms with E-state index in [1.54, 1.807) is 0 Å². The van der Waals surface area contributed by atoms with Gasteiger partial charge >= 0.3 is 0 Å². The summed E-state index contributed by atoms with van der Waals surface area (Å²) in [7, 11) is 0. The van der Waals surface area contributed by atoms with E-state index in [1.165, 1.54) is 5.01 Å². The second-order valence-corrected chi connectivity index (χ2v) is 1.62. The van der Waals surface area contributed by atoms with Crippen LogP contribution in [0, 0.1) is 0 Å². The van der Waals surface area contributed by atoms with Gasteiger partial charge in [0.1, 0.15) is 12.4 Å². The molecule has 0 aromatic heterocycles. The fourth-order valence-corrected chi connectivity index (χ4v) is 0.522. The number of amides is 1. The Kier molecular flexibility index (Phi) is 0.948. The van der Waals surface area contributed by atoms with Crippen molar-refractivity contribution in [1.82, 2.24) is 10.3 Å². The van der Waals surface area contributed by atoms with Crippen molar-refractivity contribution >= 4 is 5.91 Å². The highest BCUT2D eigenvalue weighted by atomic mass is 16.2. The Morgan fingerprint density at radius 2 is 2.50 bits per heavy atom. The minimum absolute atomic E-state index is 0.0995. The summed E-state index contributed by atoms with van der Waals surface area (Å²) < 4.78 is 0. The Morgan fingerprint density at radius 3 is 2.62 bits per heavy atom. The molecule has 1 amide bonds. The number of nitrogens with zero attached hydrogens (tertiary/aromatic N) is 1. The Labute approximate surface area is 46.9 Å². The number of rotatable bonds is 0. The third-order valence-electron chi connectivity index (χ3n) is 0.944. The van der Waals surface area contributed by atoms with Crippen molar-refractivity contribution in [3.63, 3.8) is 0 Å². The van der Waals surface area contributed by atoms with Crippen LogP contribution in [-0.2, 0) is 4.79 Å². The van der Waals surface area contributed by atoms with Crippen molar-refractivity contribution < 1.29 is 4.79 Å². The first-order chi connectivity index (χ1) is 3.70. The molecule has 0 unspecified atom stereocenters. The molecule has 0 spiro atoms. The topological polar surface area (TPSA) is 58.4 Å². The first-order valence-electron chi connectivity index (χ1n) is 2.21. The monoisotopic (exact) mass is 113 g/mol. The van der Waals surface area contributed by atoms with Crippen LogP contribution in [0.1, 0.15) is 0 Å². The maximum absolute atomic E-state index is 10.4. The summed E-state index contributed by atoms with van der Waals surface area (Å²) in [6.07, 6.45) is 0. The average molecular weight is 113 g/mol. The normalized spacial score (nSPS) is 19.4. The summed E-state index contributed by atoms with van der Waals surface area (Å²) >= 11 is 0. The number of nitrogens with two attached hydrogens (primary N) is 1. The molecule has 0 radical (unpaired) electrons. The second kappa shape index (κ2) is 1.48. The molecule has 0 atom stereocenters. The van der Waals surface area contributed by atoms with E-state index in [0.29, 0.717) is 5.82 Å². The van der Waals surface area contributed by atoms with E-state index in [2.05, 4.69) is 11.9 Å². The van der Waals surface area contributed by atoms with E-state index in [1.807, 2.05) is 0 Å². The molecule has 1 fully saturated rings. The summed E-state index contributed by atoms with van der Waals surface area (Å²) in [6.45, 7) is 3.68. The van der Waals surface area contributed by atoms with Crippen molar-refractivity contribution in [3.8, 4) is 0 Å². The highest BCUT2D eigenvalue weighted by Crippen LogP contribution is 1.96. The summed E-state index contributed by atoms with van der Waals surface area (Å²) in [5.41, 5.74) is 0. The Balaban J connectivity index is 2.64. The zero-order valence-electron chi connectivity index (χ0n) is 4.35. The van der Waals surface area contributed by atoms with Gasteiger partial charge < -0.3 is 5.32 Å². The van der Waals surface area contributed by atoms with Gasteiger partial charge in [0.15, 0.2) is 0 Å². The van der Waals surface area contributed by atoms with Crippen LogP contribution in [0.2, 0.25) is 0 Å². The van der Waals surface area contributed by atoms with Gasteiger partial charge in [-0.2, -0.15) is 0 Å². The summed E-state index contributed by atoms with van der Waals surface area (Å²) in [6, 6.07) is 0. The SMILES string of the molecule is C=C1NC(=O)CN1N. The molecular weight excluding hydrogens is 106 g/mol. The van der Waals surface area contributed by atoms with Crippen LogP contribution < -0.4 is 11.2 Å². The quantitative estimate of drug-likeness (QED) is 0.386. The van der Waals surface area contributed by atoms with Crippen LogP contribution in [0.15, 0.2) is 12.4 Å². The fraction of sp³-hybridized carbons (Fsp3) is 0.250. The van der Waals surface area contributed by atoms with Crippen molar-refractivity contribution in [2.75, 3.05) is 6.54 Å². The lowest BCUT2D eigenvalue weighted by atomic mass is 10.7. The predicted molar refractivity (Wildman–Crippen MR) is 28.2 cm³/mol. The Hall–Kier alpha value is -1.03. The first kappa shape index (κ1) is 5.11. The minimum Gasteiger partial charge on any atom is -0.310 e. The molecule has 3 N–H and O–H groups in total. The molecule has 0 saturated carbocycles. The van der Waals surface area contributed by atoms with Crippen LogP contribution in [0.25, 0.3) is 0 Å². The molecule has 1 heterocycles. The minimum atomic E-state index is -0.0995. The van der Waals surface area contributed by atoms with Gasteiger partial charge in [-0.1, -0.05) is 6.58 Å². The van der Waals surface area contributed by atoms with Crippen LogP contribution >= 0.6 is 0 Å². The highest BCUT2D eigenvalue weighted by molar-refractivity contribution is 5.82. The molecule has 1 saturated heterocycles. The van der Waals surface area contributed by atoms with Gasteiger partial charge in [0, 0.05) is 0 Å². The molecule has 1 aliphatic rings. The van der Waals surface area contributed by atoms with Crippen molar-refractivity contribution in [2.45, 2.75) is 0 Å². The molecule has 0 bridgehead atoms. The molecule has 0 aliphatic carbocycles. The lowest BCUT2D eigenvalue weighted by molar-refractivity contribution is -0.118. The predicted octanol–water partition coefficient (Wildman–Crippen LogP) is -1.24. The summed E-state index contributed by atoms with van der Waals surface area (Å²) in [5.74, 6) is 5.59. The molecule has 1 rings (SSSR count). The molecule has 1 aliphatic heterocycles. The highest BCUT2D eigenvalue weighted by Gasteiger charge is 2.17. The number of carbonyl (C=O) groups excluding carboxylic acids is 1. The number of nitrogens with one attached hydrogen (secondary N) is 1. The Bertz CT molecular complexity index is 142. The molecule has 4 nitrogen and oxygen atoms in total. The van der Waals surface area contributed by atoms with Crippen molar-refractivity contribution in [3.05, 3.63) is 12.4 Å². The molecule has 44 valence electrons. The van der Waals surface area contributed by atoms with Gasteiger partial charge in [0.2, 0.25) is 5.91 Å². The van der Waals surface area contributed by atoms with Crippen molar-refractivity contribution in [1.29, 1.82) is 0 Å². The van der Waals surface area contributed by atoms with Gasteiger partial charge in [0.05, 0.1) is 0 Å². The number of hydrogen-bond donors (Lipinski definition) is 2. The van der Waals surface area contributed by atoms with Gasteiger partial charge in [0.25, 0.3) is 0 Å². The van der Waals surface area contributed by atoms with Crippen LogP contribution in [0.3, 0.4) is 0 Å². The van der Waals surface area contributed by atoms with Gasteiger partial charge in [-0.25, -0.2) is 5.84 Å². The first-order valence-corrected chi connectivity index (χ1v) is 2.21. The summed E-state index contributed by atoms with van der Waals surface area (Å²) in [5, 5.41) is 3.70. The van der Waals surface area contributed by atoms with Crippen LogP contribution in [0.4, 0.5) is 0 Å². The number of hydrogen-bond acceptors (Lipinski definition) is 3. The molecule has 0 aromatic carbocycles. The Morgan fingerprint density at radius 1 is 1.88 bits per heavy atom. The zero-order valence-corrected chi connectivity index (χ0v) is 4.35. The van der Waals surface area contributed by atoms with E-state index < -0.39 is 0 Å². The maximum Gasteiger partial charge on any atom is 0.246 e. The van der Waals surface area contributed by atoms with E-state index in [9.17, 15) is 4.79 Å². The molecular formula is C4H7N3O. The maximum atomic E-state index is 10.4. The summed E-state index contributed by atoms with van der Waals surface area (Å²) in [4.78, 5) is 10.4. The standard InChI is InChI=1S/C4H7N3O/c1-3-6-4(8)2-7(3)5/h1-2,5H2,(H,6,8). The fourth-order valence-electron chi connectivity index (χ4n) is 0.522. The van der Waals surface area contributed by atoms with Gasteiger partial charge in [-0.05, 0) is 0 Å². The molecule has 8 heavy (non-hydrogen) atoms. The molecule has 0 aromatic rings. The van der Waals surface area contributed by atoms with E-state index in [4.69, 9.17) is 5.84 Å². The van der Waals surface area contributed by atoms with Crippen LogP contribution in [-0.4, -0.2) is 17.5 Å². The zero-order chi connectivity index (χ0) is 6.15. The molecule has 4 heteroatoms. The van der Waals surface area contributed by atoms with E-state index in [0.717, 1.165) is 0 Å². The third-order valence-corrected chi connectivity index (χ3v) is 0.944. The smallest absolute Gasteiger partial charge is 0.246 e. The third kappa shape index (κ3) is 0.651. The van der Waals surface area contributed by atoms with E-state index in [-0.39, 0.29) is 12.5 Å². The average Bonchev–Trinajstić information content (AvgIpc) is 1.85. The lowest BCUT2D eigenvalue weighted by Gasteiger charge is -2.05. The van der Waals surface area contributed by atoms with Gasteiger partial charge in [-0.3, -0.25) is 9.80 Å². The number of hydrazine groups is 1. The van der Waals surface area contributed by atoms with Crippen LogP contribution in [0.5, 0.6) is 0 Å². The largest absolute Gasteiger partial charge is 0.310 e. The van der Waals surface area contributed by atoms with Gasteiger partial charge in [-0.15, -0.1) is 0 Å². The lowest BCUT2D eigenvalue weighted by Crippen LogP contribution is -2.26. The second-order valence-electron chi connectivity index (χ2n) is 1.62. The van der Waals surface area contributed by atoms with E-state index >= 15 is 0 Å².